The molecular formula is C69H134O17P2. The summed E-state index contributed by atoms with van der Waals surface area (Å²) >= 11 is 0. The van der Waals surface area contributed by atoms with Crippen LogP contribution < -0.4 is 0 Å². The molecule has 0 saturated carbocycles. The van der Waals surface area contributed by atoms with Gasteiger partial charge < -0.3 is 33.8 Å². The highest BCUT2D eigenvalue weighted by molar-refractivity contribution is 7.47. The molecule has 0 radical (unpaired) electrons. The van der Waals surface area contributed by atoms with E-state index < -0.39 is 97.5 Å². The quantitative estimate of drug-likeness (QED) is 0.0222. The first kappa shape index (κ1) is 86.1. The number of carbonyl (C=O) groups excluding carboxylic acids is 4. The molecule has 0 aromatic carbocycles. The summed E-state index contributed by atoms with van der Waals surface area (Å²) in [7, 11) is -9.90. The molecule has 0 amide bonds. The largest absolute Gasteiger partial charge is 0.472 e. The SMILES string of the molecule is CCC(C)CCCCCCCCCCCCC(=O)OC[C@H](COP(=O)(O)OCC(O)COP(=O)(O)OC[C@@H](COC(=O)CCCCCCCCCCC(C)C)OC(=O)CCCCCCCCCCCCC(C)C)OC(=O)CCCCCCCCCC(C)C. The first-order valence-electron chi connectivity index (χ1n) is 35.7. The van der Waals surface area contributed by atoms with Crippen molar-refractivity contribution in [2.45, 2.75) is 356 Å². The van der Waals surface area contributed by atoms with Crippen molar-refractivity contribution in [2.75, 3.05) is 39.6 Å². The zero-order valence-corrected chi connectivity index (χ0v) is 59.1. The average molecular weight is 1300 g/mol. The van der Waals surface area contributed by atoms with Gasteiger partial charge in [-0.2, -0.15) is 0 Å². The Labute approximate surface area is 537 Å². The van der Waals surface area contributed by atoms with Gasteiger partial charge in [0.2, 0.25) is 0 Å². The minimum atomic E-state index is -4.95. The summed E-state index contributed by atoms with van der Waals surface area (Å²) in [4.78, 5) is 72.5. The van der Waals surface area contributed by atoms with Crippen molar-refractivity contribution < 1.29 is 80.2 Å². The molecule has 4 unspecified atom stereocenters. The highest BCUT2D eigenvalue weighted by atomic mass is 31.2. The minimum absolute atomic E-state index is 0.103. The van der Waals surface area contributed by atoms with Crippen LogP contribution in [0.1, 0.15) is 338 Å². The average Bonchev–Trinajstić information content (AvgIpc) is 3.56. The van der Waals surface area contributed by atoms with Crippen molar-refractivity contribution in [1.82, 2.24) is 0 Å². The molecule has 17 nitrogen and oxygen atoms in total. The number of hydrogen-bond acceptors (Lipinski definition) is 15. The first-order chi connectivity index (χ1) is 42.1. The standard InChI is InChI=1S/C69H134O17P2/c1-9-62(8)48-40-32-24-15-11-13-16-25-33-41-49-66(71)79-56-65(86-69(74)52-44-36-28-20-23-31-39-47-61(6)7)58-84-88(77,78)82-54-63(70)53-81-87(75,76)83-57-64(55-80-67(72)50-42-34-26-19-18-22-30-38-46-60(4)5)85-68(73)51-43-35-27-17-12-10-14-21-29-37-45-59(2)3/h59-65,70H,9-58H2,1-8H3,(H,75,76)(H,77,78)/t62?,63?,64-,65-/m1/s1. The Balaban J connectivity index is 5.25. The molecule has 0 aliphatic rings. The minimum Gasteiger partial charge on any atom is -0.462 e. The maximum Gasteiger partial charge on any atom is 0.472 e. The molecule has 0 heterocycles. The second-order valence-corrected chi connectivity index (χ2v) is 29.5. The van der Waals surface area contributed by atoms with E-state index in [1.807, 2.05) is 0 Å². The summed E-state index contributed by atoms with van der Waals surface area (Å²) in [5, 5.41) is 10.6. The van der Waals surface area contributed by atoms with Gasteiger partial charge in [0.05, 0.1) is 26.4 Å². The predicted molar refractivity (Wildman–Crippen MR) is 354 cm³/mol. The third-order valence-electron chi connectivity index (χ3n) is 16.2. The van der Waals surface area contributed by atoms with Gasteiger partial charge in [-0.05, 0) is 49.4 Å². The van der Waals surface area contributed by atoms with Crippen LogP contribution in [0, 0.1) is 23.7 Å². The van der Waals surface area contributed by atoms with E-state index in [9.17, 15) is 43.2 Å². The molecule has 0 saturated heterocycles. The van der Waals surface area contributed by atoms with Crippen molar-refractivity contribution in [3.63, 3.8) is 0 Å². The van der Waals surface area contributed by atoms with Crippen LogP contribution in [0.25, 0.3) is 0 Å². The lowest BCUT2D eigenvalue weighted by Gasteiger charge is -2.21. The second-order valence-electron chi connectivity index (χ2n) is 26.6. The molecule has 6 atom stereocenters. The molecule has 3 N–H and O–H groups in total. The lowest BCUT2D eigenvalue weighted by molar-refractivity contribution is -0.161. The van der Waals surface area contributed by atoms with Gasteiger partial charge in [0.1, 0.15) is 19.3 Å². The molecule has 0 aromatic heterocycles. The van der Waals surface area contributed by atoms with Crippen LogP contribution in [0.2, 0.25) is 0 Å². The maximum atomic E-state index is 13.0. The summed E-state index contributed by atoms with van der Waals surface area (Å²) < 4.78 is 68.2. The Morgan fingerprint density at radius 2 is 0.545 bits per heavy atom. The van der Waals surface area contributed by atoms with Gasteiger partial charge in [-0.1, -0.05) is 287 Å². The van der Waals surface area contributed by atoms with Crippen LogP contribution in [0.5, 0.6) is 0 Å². The molecule has 522 valence electrons. The van der Waals surface area contributed by atoms with E-state index in [1.54, 1.807) is 0 Å². The van der Waals surface area contributed by atoms with Crippen molar-refractivity contribution in [3.8, 4) is 0 Å². The van der Waals surface area contributed by atoms with Gasteiger partial charge in [-0.25, -0.2) is 9.13 Å². The van der Waals surface area contributed by atoms with E-state index in [1.165, 1.54) is 141 Å². The molecule has 0 spiro atoms. The molecule has 0 fully saturated rings. The highest BCUT2D eigenvalue weighted by Crippen LogP contribution is 2.45. The Morgan fingerprint density at radius 3 is 0.807 bits per heavy atom. The summed E-state index contributed by atoms with van der Waals surface area (Å²) in [5.74, 6) is 0.851. The lowest BCUT2D eigenvalue weighted by Crippen LogP contribution is -2.30. The molecule has 0 rings (SSSR count). The molecule has 0 aliphatic carbocycles. The third kappa shape index (κ3) is 61.6. The number of aliphatic hydroxyl groups is 1. The van der Waals surface area contributed by atoms with Gasteiger partial charge in [0.15, 0.2) is 12.2 Å². The third-order valence-corrected chi connectivity index (χ3v) is 18.1. The normalized spacial score (nSPS) is 14.6. The number of aliphatic hydroxyl groups excluding tert-OH is 1. The number of unbranched alkanes of at least 4 members (excludes halogenated alkanes) is 31. The smallest absolute Gasteiger partial charge is 0.462 e. The fraction of sp³-hybridized carbons (Fsp3) is 0.942. The van der Waals surface area contributed by atoms with Crippen LogP contribution in [0.4, 0.5) is 0 Å². The maximum absolute atomic E-state index is 13.0. The van der Waals surface area contributed by atoms with Gasteiger partial charge in [0, 0.05) is 25.7 Å². The monoisotopic (exact) mass is 1300 g/mol. The number of rotatable bonds is 66. The van der Waals surface area contributed by atoms with Gasteiger partial charge in [-0.3, -0.25) is 37.3 Å². The molecular weight excluding hydrogens is 1160 g/mol. The lowest BCUT2D eigenvalue weighted by atomic mass is 9.99. The summed E-state index contributed by atoms with van der Waals surface area (Å²) in [5.41, 5.74) is 0. The van der Waals surface area contributed by atoms with Gasteiger partial charge >= 0.3 is 39.5 Å². The van der Waals surface area contributed by atoms with Crippen LogP contribution in [-0.4, -0.2) is 96.7 Å². The van der Waals surface area contributed by atoms with E-state index in [0.717, 1.165) is 108 Å². The van der Waals surface area contributed by atoms with E-state index in [4.69, 9.17) is 37.0 Å². The highest BCUT2D eigenvalue weighted by Gasteiger charge is 2.30. The van der Waals surface area contributed by atoms with E-state index in [2.05, 4.69) is 55.4 Å². The van der Waals surface area contributed by atoms with Crippen LogP contribution in [-0.2, 0) is 65.4 Å². The topological polar surface area (TPSA) is 237 Å². The zero-order chi connectivity index (χ0) is 65.4. The Hall–Kier alpha value is -1.94. The van der Waals surface area contributed by atoms with Crippen molar-refractivity contribution in [1.29, 1.82) is 0 Å². The zero-order valence-electron chi connectivity index (χ0n) is 57.3. The molecule has 0 aliphatic heterocycles. The Bertz CT molecular complexity index is 1750. The van der Waals surface area contributed by atoms with E-state index >= 15 is 0 Å². The first-order valence-corrected chi connectivity index (χ1v) is 38.7. The fourth-order valence-electron chi connectivity index (χ4n) is 10.3. The van der Waals surface area contributed by atoms with Gasteiger partial charge in [-0.15, -0.1) is 0 Å². The number of hydrogen-bond donors (Lipinski definition) is 3. The molecule has 19 heteroatoms. The number of esters is 4. The van der Waals surface area contributed by atoms with Crippen LogP contribution in [0.15, 0.2) is 0 Å². The second kappa shape index (κ2) is 58.8. The summed E-state index contributed by atoms with van der Waals surface area (Å²) in [6, 6.07) is 0. The molecule has 88 heavy (non-hydrogen) atoms. The predicted octanol–water partition coefficient (Wildman–Crippen LogP) is 19.3. The van der Waals surface area contributed by atoms with E-state index in [-0.39, 0.29) is 25.7 Å². The molecule has 0 bridgehead atoms. The summed E-state index contributed by atoms with van der Waals surface area (Å²) in [6.45, 7) is 14.1. The fourth-order valence-corrected chi connectivity index (χ4v) is 11.9. The van der Waals surface area contributed by atoms with Crippen LogP contribution >= 0.6 is 15.6 Å². The summed E-state index contributed by atoms with van der Waals surface area (Å²) in [6.07, 6.45) is 40.3. The van der Waals surface area contributed by atoms with Crippen LogP contribution in [0.3, 0.4) is 0 Å². The van der Waals surface area contributed by atoms with Gasteiger partial charge in [0.25, 0.3) is 0 Å². The van der Waals surface area contributed by atoms with Crippen molar-refractivity contribution in [2.24, 2.45) is 23.7 Å². The Kier molecular flexibility index (Phi) is 57.6. The number of ether oxygens (including phenoxy) is 4. The van der Waals surface area contributed by atoms with Crippen molar-refractivity contribution in [3.05, 3.63) is 0 Å². The molecule has 0 aromatic rings. The van der Waals surface area contributed by atoms with E-state index in [0.29, 0.717) is 31.6 Å². The number of phosphoric acid groups is 2. The Morgan fingerprint density at radius 1 is 0.318 bits per heavy atom. The number of phosphoric ester groups is 2. The number of carbonyl (C=O) groups is 4. The van der Waals surface area contributed by atoms with Crippen molar-refractivity contribution >= 4 is 39.5 Å².